The van der Waals surface area contributed by atoms with E-state index in [1.165, 1.54) is 12.1 Å². The summed E-state index contributed by atoms with van der Waals surface area (Å²) in [7, 11) is 0. The van der Waals surface area contributed by atoms with Gasteiger partial charge in [0.25, 0.3) is 0 Å². The molecule has 0 saturated heterocycles. The van der Waals surface area contributed by atoms with Crippen LogP contribution in [0.1, 0.15) is 13.8 Å². The van der Waals surface area contributed by atoms with Crippen LogP contribution in [0, 0.1) is 11.7 Å². The second-order valence-corrected chi connectivity index (χ2v) is 3.00. The fourth-order valence-electron chi connectivity index (χ4n) is 0.694. The third-order valence-corrected chi connectivity index (χ3v) is 1.28. The summed E-state index contributed by atoms with van der Waals surface area (Å²) >= 11 is 0. The summed E-state index contributed by atoms with van der Waals surface area (Å²) in [5, 5.41) is 3.91. The van der Waals surface area contributed by atoms with E-state index in [1.807, 2.05) is 13.8 Å². The number of hydrazone groups is 1. The minimum atomic E-state index is -0.349. The van der Waals surface area contributed by atoms with Gasteiger partial charge in [0.05, 0.1) is 6.20 Å². The summed E-state index contributed by atoms with van der Waals surface area (Å²) in [5.41, 5.74) is 2.69. The number of hydrogen-bond donors (Lipinski definition) is 1. The molecule has 13 heavy (non-hydrogen) atoms. The summed E-state index contributed by atoms with van der Waals surface area (Å²) in [5.74, 6) is 0.574. The lowest BCUT2D eigenvalue weighted by Gasteiger charge is -1.98. The van der Waals surface area contributed by atoms with Crippen LogP contribution in [0.15, 0.2) is 23.4 Å². The van der Waals surface area contributed by atoms with Gasteiger partial charge in [-0.25, -0.2) is 9.37 Å². The molecule has 0 amide bonds. The number of pyridine rings is 1. The van der Waals surface area contributed by atoms with Crippen LogP contribution in [0.2, 0.25) is 0 Å². The van der Waals surface area contributed by atoms with E-state index in [-0.39, 0.29) is 5.82 Å². The maximum absolute atomic E-state index is 12.4. The predicted octanol–water partition coefficient (Wildman–Crippen LogP) is 2.27. The molecule has 0 fully saturated rings. The number of halogens is 1. The van der Waals surface area contributed by atoms with Crippen LogP contribution < -0.4 is 5.43 Å². The third-order valence-electron chi connectivity index (χ3n) is 1.28. The summed E-state index contributed by atoms with van der Waals surface area (Å²) < 4.78 is 12.4. The molecule has 0 bridgehead atoms. The summed E-state index contributed by atoms with van der Waals surface area (Å²) in [6.45, 7) is 4.03. The SMILES string of the molecule is CC(C)/C=N/Nc1ccc(F)cn1. The second kappa shape index (κ2) is 4.54. The Morgan fingerprint density at radius 1 is 1.54 bits per heavy atom. The normalized spacial score (nSPS) is 11.1. The van der Waals surface area contributed by atoms with Crippen LogP contribution in [0.5, 0.6) is 0 Å². The van der Waals surface area contributed by atoms with Crippen LogP contribution in [-0.2, 0) is 0 Å². The molecule has 1 N–H and O–H groups in total. The van der Waals surface area contributed by atoms with E-state index >= 15 is 0 Å². The van der Waals surface area contributed by atoms with Gasteiger partial charge in [-0.15, -0.1) is 0 Å². The second-order valence-electron chi connectivity index (χ2n) is 3.00. The van der Waals surface area contributed by atoms with E-state index < -0.39 is 0 Å². The molecule has 1 aromatic heterocycles. The van der Waals surface area contributed by atoms with Gasteiger partial charge in [0, 0.05) is 6.21 Å². The van der Waals surface area contributed by atoms with Crippen molar-refractivity contribution in [3.63, 3.8) is 0 Å². The molecule has 0 aliphatic heterocycles. The molecule has 4 heteroatoms. The van der Waals surface area contributed by atoms with Crippen LogP contribution >= 0.6 is 0 Å². The molecular formula is C9H12FN3. The zero-order valence-electron chi connectivity index (χ0n) is 7.66. The Labute approximate surface area is 76.7 Å². The zero-order valence-corrected chi connectivity index (χ0v) is 7.66. The maximum atomic E-state index is 12.4. The molecule has 0 aliphatic rings. The van der Waals surface area contributed by atoms with Crippen molar-refractivity contribution in [3.05, 3.63) is 24.1 Å². The number of aromatic nitrogens is 1. The molecule has 0 radical (unpaired) electrons. The molecule has 70 valence electrons. The lowest BCUT2D eigenvalue weighted by molar-refractivity contribution is 0.622. The largest absolute Gasteiger partial charge is 0.262 e. The minimum Gasteiger partial charge on any atom is -0.262 e. The van der Waals surface area contributed by atoms with Crippen LogP contribution in [0.4, 0.5) is 10.2 Å². The summed E-state index contributed by atoms with van der Waals surface area (Å²) in [6, 6.07) is 2.87. The highest BCUT2D eigenvalue weighted by Crippen LogP contribution is 2.02. The van der Waals surface area contributed by atoms with Crippen molar-refractivity contribution in [1.29, 1.82) is 0 Å². The maximum Gasteiger partial charge on any atom is 0.146 e. The molecule has 0 spiro atoms. The Balaban J connectivity index is 2.50. The molecule has 0 aromatic carbocycles. The third kappa shape index (κ3) is 3.64. The minimum absolute atomic E-state index is 0.349. The number of nitrogens with zero attached hydrogens (tertiary/aromatic N) is 2. The first-order valence-corrected chi connectivity index (χ1v) is 4.09. The average molecular weight is 181 g/mol. The van der Waals surface area contributed by atoms with Crippen molar-refractivity contribution in [3.8, 4) is 0 Å². The van der Waals surface area contributed by atoms with Crippen LogP contribution in [0.3, 0.4) is 0 Å². The molecule has 0 saturated carbocycles. The van der Waals surface area contributed by atoms with Crippen LogP contribution in [0.25, 0.3) is 0 Å². The molecule has 1 heterocycles. The Hall–Kier alpha value is -1.45. The van der Waals surface area contributed by atoms with Crippen molar-refractivity contribution in [2.24, 2.45) is 11.0 Å². The Kier molecular flexibility index (Phi) is 3.37. The Morgan fingerprint density at radius 2 is 2.31 bits per heavy atom. The quantitative estimate of drug-likeness (QED) is 0.573. The van der Waals surface area contributed by atoms with Gasteiger partial charge in [-0.1, -0.05) is 13.8 Å². The molecular weight excluding hydrogens is 169 g/mol. The van der Waals surface area contributed by atoms with Gasteiger partial charge in [0.15, 0.2) is 0 Å². The molecule has 1 rings (SSSR count). The highest BCUT2D eigenvalue weighted by atomic mass is 19.1. The van der Waals surface area contributed by atoms with E-state index in [0.717, 1.165) is 6.20 Å². The van der Waals surface area contributed by atoms with Crippen molar-refractivity contribution in [1.82, 2.24) is 4.98 Å². The van der Waals surface area contributed by atoms with E-state index in [2.05, 4.69) is 15.5 Å². The van der Waals surface area contributed by atoms with Crippen LogP contribution in [-0.4, -0.2) is 11.2 Å². The van der Waals surface area contributed by atoms with Gasteiger partial charge in [-0.05, 0) is 18.1 Å². The highest BCUT2D eigenvalue weighted by molar-refractivity contribution is 5.60. The molecule has 1 aromatic rings. The van der Waals surface area contributed by atoms with Gasteiger partial charge < -0.3 is 0 Å². The topological polar surface area (TPSA) is 37.3 Å². The predicted molar refractivity (Wildman–Crippen MR) is 51.1 cm³/mol. The number of anilines is 1. The highest BCUT2D eigenvalue weighted by Gasteiger charge is 1.91. The molecule has 0 aliphatic carbocycles. The lowest BCUT2D eigenvalue weighted by atomic mass is 10.3. The lowest BCUT2D eigenvalue weighted by Crippen LogP contribution is -1.95. The fraction of sp³-hybridized carbons (Fsp3) is 0.333. The van der Waals surface area contributed by atoms with Crippen molar-refractivity contribution in [2.75, 3.05) is 5.43 Å². The summed E-state index contributed by atoms with van der Waals surface area (Å²) in [6.07, 6.45) is 2.90. The van der Waals surface area contributed by atoms with Crippen molar-refractivity contribution < 1.29 is 4.39 Å². The zero-order chi connectivity index (χ0) is 9.68. The molecule has 3 nitrogen and oxygen atoms in total. The Bertz CT molecular complexity index is 279. The van der Waals surface area contributed by atoms with Crippen molar-refractivity contribution in [2.45, 2.75) is 13.8 Å². The number of hydrogen-bond acceptors (Lipinski definition) is 3. The number of rotatable bonds is 3. The van der Waals surface area contributed by atoms with Gasteiger partial charge >= 0.3 is 0 Å². The first kappa shape index (κ1) is 9.64. The smallest absolute Gasteiger partial charge is 0.146 e. The molecule has 0 atom stereocenters. The van der Waals surface area contributed by atoms with Gasteiger partial charge in [0.1, 0.15) is 11.6 Å². The molecule has 0 unspecified atom stereocenters. The van der Waals surface area contributed by atoms with Gasteiger partial charge in [-0.3, -0.25) is 5.43 Å². The first-order valence-electron chi connectivity index (χ1n) is 4.09. The van der Waals surface area contributed by atoms with Crippen molar-refractivity contribution >= 4 is 12.0 Å². The fourth-order valence-corrected chi connectivity index (χ4v) is 0.694. The average Bonchev–Trinajstić information content (AvgIpc) is 2.08. The summed E-state index contributed by atoms with van der Waals surface area (Å²) in [4.78, 5) is 3.78. The van der Waals surface area contributed by atoms with E-state index in [9.17, 15) is 4.39 Å². The Morgan fingerprint density at radius 3 is 2.85 bits per heavy atom. The van der Waals surface area contributed by atoms with E-state index in [0.29, 0.717) is 11.7 Å². The first-order chi connectivity index (χ1) is 6.18. The van der Waals surface area contributed by atoms with Gasteiger partial charge in [-0.2, -0.15) is 5.10 Å². The number of nitrogens with one attached hydrogen (secondary N) is 1. The van der Waals surface area contributed by atoms with E-state index in [1.54, 1.807) is 6.21 Å². The standard InChI is InChI=1S/C9H12FN3/c1-7(2)5-12-13-9-4-3-8(10)6-11-9/h3-7H,1-2H3,(H,11,13)/b12-5+. The van der Waals surface area contributed by atoms with E-state index in [4.69, 9.17) is 0 Å². The monoisotopic (exact) mass is 181 g/mol. The van der Waals surface area contributed by atoms with Gasteiger partial charge in [0.2, 0.25) is 0 Å².